The number of fused-ring (bicyclic) bond motifs is 3. The maximum absolute atomic E-state index is 13.1. The first-order valence-corrected chi connectivity index (χ1v) is 13.4. The lowest BCUT2D eigenvalue weighted by Gasteiger charge is -2.25. The lowest BCUT2D eigenvalue weighted by molar-refractivity contribution is -0.149. The Morgan fingerprint density at radius 1 is 0.800 bits per heavy atom. The normalized spacial score (nSPS) is 13.9. The Morgan fingerprint density at radius 3 is 1.98 bits per heavy atom. The van der Waals surface area contributed by atoms with E-state index >= 15 is 0 Å². The smallest absolute Gasteiger partial charge is 0.407 e. The first kappa shape index (κ1) is 28.8. The van der Waals surface area contributed by atoms with E-state index in [4.69, 9.17) is 14.2 Å². The minimum atomic E-state index is -1.08. The highest BCUT2D eigenvalue weighted by Crippen LogP contribution is 2.44. The highest BCUT2D eigenvalue weighted by Gasteiger charge is 2.31. The number of alkyl carbamates (subject to hydrolysis) is 1. The Morgan fingerprint density at radius 2 is 1.38 bits per heavy atom. The van der Waals surface area contributed by atoms with Gasteiger partial charge in [0.05, 0.1) is 12.2 Å². The van der Waals surface area contributed by atoms with Crippen molar-refractivity contribution in [1.82, 2.24) is 10.6 Å². The molecule has 0 spiro atoms. The molecule has 0 radical (unpaired) electrons. The van der Waals surface area contributed by atoms with Crippen LogP contribution in [-0.4, -0.2) is 48.9 Å². The van der Waals surface area contributed by atoms with E-state index in [2.05, 4.69) is 22.8 Å². The summed E-state index contributed by atoms with van der Waals surface area (Å²) in [5.74, 6) is -1.29. The molecule has 0 unspecified atom stereocenters. The van der Waals surface area contributed by atoms with Gasteiger partial charge in [-0.25, -0.2) is 9.59 Å². The average molecular weight is 545 g/mol. The first-order chi connectivity index (χ1) is 19.1. The number of hydrogen-bond acceptors (Lipinski definition) is 6. The average Bonchev–Trinajstić information content (AvgIpc) is 3.26. The molecule has 210 valence electrons. The van der Waals surface area contributed by atoms with E-state index in [9.17, 15) is 14.4 Å². The van der Waals surface area contributed by atoms with Crippen molar-refractivity contribution in [2.45, 2.75) is 57.9 Å². The standard InChI is InChI=1S/C32H36N2O6/c1-21(30(36)38-18-22-12-6-5-7-13-22)33-29(35)28(20-40-32(2,3)4)34-31(37)39-19-27-25-16-10-8-14-23(25)24-15-9-11-17-26(24)27/h5-17,21,27-28H,18-20H2,1-4H3,(H,33,35)(H,34,37)/t21-,28-/m0/s1. The molecule has 1 aliphatic rings. The van der Waals surface area contributed by atoms with Crippen LogP contribution >= 0.6 is 0 Å². The molecule has 0 bridgehead atoms. The fourth-order valence-corrected chi connectivity index (χ4v) is 4.53. The molecule has 40 heavy (non-hydrogen) atoms. The quantitative estimate of drug-likeness (QED) is 0.350. The van der Waals surface area contributed by atoms with Crippen LogP contribution in [0.3, 0.4) is 0 Å². The fourth-order valence-electron chi connectivity index (χ4n) is 4.53. The summed E-state index contributed by atoms with van der Waals surface area (Å²) in [6, 6.07) is 23.3. The molecule has 2 N–H and O–H groups in total. The number of benzene rings is 3. The second kappa shape index (κ2) is 12.8. The SMILES string of the molecule is C[C@H](NC(=O)[C@H](COC(C)(C)C)NC(=O)OCC1c2ccccc2-c2ccccc21)C(=O)OCc1ccccc1. The summed E-state index contributed by atoms with van der Waals surface area (Å²) in [6.07, 6.45) is -0.751. The van der Waals surface area contributed by atoms with E-state index in [0.717, 1.165) is 27.8 Å². The van der Waals surface area contributed by atoms with Gasteiger partial charge in [0, 0.05) is 5.92 Å². The molecule has 2 amide bonds. The van der Waals surface area contributed by atoms with Gasteiger partial charge in [0.1, 0.15) is 25.3 Å². The highest BCUT2D eigenvalue weighted by molar-refractivity contribution is 5.89. The highest BCUT2D eigenvalue weighted by atomic mass is 16.6. The maximum atomic E-state index is 13.1. The van der Waals surface area contributed by atoms with Crippen LogP contribution in [0.4, 0.5) is 4.79 Å². The van der Waals surface area contributed by atoms with E-state index in [-0.39, 0.29) is 25.7 Å². The number of esters is 1. The summed E-state index contributed by atoms with van der Waals surface area (Å²) in [5.41, 5.74) is 4.70. The summed E-state index contributed by atoms with van der Waals surface area (Å²) in [5, 5.41) is 5.23. The number of carbonyl (C=O) groups excluding carboxylic acids is 3. The lowest BCUT2D eigenvalue weighted by atomic mass is 9.98. The van der Waals surface area contributed by atoms with Gasteiger partial charge in [0.2, 0.25) is 5.91 Å². The van der Waals surface area contributed by atoms with Crippen LogP contribution in [0.5, 0.6) is 0 Å². The number of carbonyl (C=O) groups is 3. The predicted molar refractivity (Wildman–Crippen MR) is 152 cm³/mol. The number of hydrogen-bond donors (Lipinski definition) is 2. The number of ether oxygens (including phenoxy) is 3. The van der Waals surface area contributed by atoms with Crippen LogP contribution in [-0.2, 0) is 30.4 Å². The monoisotopic (exact) mass is 544 g/mol. The Kier molecular flexibility index (Phi) is 9.22. The molecule has 0 aromatic heterocycles. The predicted octanol–water partition coefficient (Wildman–Crippen LogP) is 4.96. The van der Waals surface area contributed by atoms with E-state index in [1.165, 1.54) is 6.92 Å². The van der Waals surface area contributed by atoms with Gasteiger partial charge in [-0.2, -0.15) is 0 Å². The first-order valence-electron chi connectivity index (χ1n) is 13.4. The van der Waals surface area contributed by atoms with E-state index in [0.29, 0.717) is 0 Å². The lowest BCUT2D eigenvalue weighted by Crippen LogP contribution is -2.53. The van der Waals surface area contributed by atoms with Gasteiger partial charge >= 0.3 is 12.1 Å². The Bertz CT molecular complexity index is 1290. The van der Waals surface area contributed by atoms with E-state index in [1.807, 2.05) is 87.5 Å². The van der Waals surface area contributed by atoms with Crippen molar-refractivity contribution in [2.75, 3.05) is 13.2 Å². The summed E-state index contributed by atoms with van der Waals surface area (Å²) >= 11 is 0. The zero-order valence-corrected chi connectivity index (χ0v) is 23.3. The van der Waals surface area contributed by atoms with E-state index in [1.54, 1.807) is 0 Å². The van der Waals surface area contributed by atoms with Crippen LogP contribution in [0.2, 0.25) is 0 Å². The Labute approximate surface area is 235 Å². The second-order valence-electron chi connectivity index (χ2n) is 10.8. The third kappa shape index (κ3) is 7.48. The second-order valence-corrected chi connectivity index (χ2v) is 10.8. The van der Waals surface area contributed by atoms with Crippen LogP contribution in [0.25, 0.3) is 11.1 Å². The molecule has 4 rings (SSSR count). The minimum Gasteiger partial charge on any atom is -0.459 e. The van der Waals surface area contributed by atoms with Crippen molar-refractivity contribution < 1.29 is 28.6 Å². The zero-order chi connectivity index (χ0) is 28.7. The van der Waals surface area contributed by atoms with Crippen LogP contribution in [0.15, 0.2) is 78.9 Å². The van der Waals surface area contributed by atoms with Crippen LogP contribution in [0, 0.1) is 0 Å². The molecule has 0 aliphatic heterocycles. The summed E-state index contributed by atoms with van der Waals surface area (Å²) < 4.78 is 16.7. The third-order valence-corrected chi connectivity index (χ3v) is 6.57. The fraction of sp³-hybridized carbons (Fsp3) is 0.344. The van der Waals surface area contributed by atoms with Crippen molar-refractivity contribution in [3.8, 4) is 11.1 Å². The van der Waals surface area contributed by atoms with E-state index < -0.39 is 35.7 Å². The molecular weight excluding hydrogens is 508 g/mol. The van der Waals surface area contributed by atoms with Crippen molar-refractivity contribution in [3.63, 3.8) is 0 Å². The molecule has 8 heteroatoms. The van der Waals surface area contributed by atoms with Gasteiger partial charge < -0.3 is 24.8 Å². The zero-order valence-electron chi connectivity index (χ0n) is 23.3. The van der Waals surface area contributed by atoms with Gasteiger partial charge in [-0.05, 0) is 55.5 Å². The molecule has 3 aromatic rings. The van der Waals surface area contributed by atoms with Crippen molar-refractivity contribution in [1.29, 1.82) is 0 Å². The van der Waals surface area contributed by atoms with Gasteiger partial charge in [0.25, 0.3) is 0 Å². The molecule has 0 fully saturated rings. The summed E-state index contributed by atoms with van der Waals surface area (Å²) in [6.45, 7) is 7.16. The van der Waals surface area contributed by atoms with Gasteiger partial charge in [0.15, 0.2) is 0 Å². The minimum absolute atomic E-state index is 0.0917. The molecular formula is C32H36N2O6. The Balaban J connectivity index is 1.36. The van der Waals surface area contributed by atoms with Crippen molar-refractivity contribution in [2.24, 2.45) is 0 Å². The Hall–Kier alpha value is -4.17. The molecule has 0 heterocycles. The molecule has 0 saturated carbocycles. The molecule has 1 aliphatic carbocycles. The topological polar surface area (TPSA) is 103 Å². The summed E-state index contributed by atoms with van der Waals surface area (Å²) in [4.78, 5) is 38.5. The molecule has 0 saturated heterocycles. The van der Waals surface area contributed by atoms with Crippen LogP contribution in [0.1, 0.15) is 50.3 Å². The number of amides is 2. The van der Waals surface area contributed by atoms with Gasteiger partial charge in [-0.1, -0.05) is 78.9 Å². The number of nitrogens with one attached hydrogen (secondary N) is 2. The largest absolute Gasteiger partial charge is 0.459 e. The van der Waals surface area contributed by atoms with Crippen molar-refractivity contribution >= 4 is 18.0 Å². The van der Waals surface area contributed by atoms with Gasteiger partial charge in [-0.15, -0.1) is 0 Å². The van der Waals surface area contributed by atoms with Gasteiger partial charge in [-0.3, -0.25) is 4.79 Å². The van der Waals surface area contributed by atoms with Crippen molar-refractivity contribution in [3.05, 3.63) is 95.6 Å². The molecule has 3 aromatic carbocycles. The number of rotatable bonds is 10. The molecule has 2 atom stereocenters. The maximum Gasteiger partial charge on any atom is 0.407 e. The van der Waals surface area contributed by atoms with Crippen LogP contribution < -0.4 is 10.6 Å². The summed E-state index contributed by atoms with van der Waals surface area (Å²) in [7, 11) is 0. The molecule has 8 nitrogen and oxygen atoms in total. The third-order valence-electron chi connectivity index (χ3n) is 6.57.